The lowest BCUT2D eigenvalue weighted by Crippen LogP contribution is -2.17. The number of hydrogen-bond donors (Lipinski definition) is 0. The van der Waals surface area contributed by atoms with Crippen LogP contribution >= 0.6 is 0 Å². The fourth-order valence-corrected chi connectivity index (χ4v) is 2.58. The summed E-state index contributed by atoms with van der Waals surface area (Å²) in [6.07, 6.45) is 7.39. The zero-order valence-corrected chi connectivity index (χ0v) is 13.6. The highest BCUT2D eigenvalue weighted by atomic mass is 28.3. The van der Waals surface area contributed by atoms with Gasteiger partial charge in [-0.3, -0.25) is 0 Å². The van der Waals surface area contributed by atoms with E-state index in [4.69, 9.17) is 4.74 Å². The summed E-state index contributed by atoms with van der Waals surface area (Å²) in [5.41, 5.74) is 1.29. The molecule has 1 nitrogen and oxygen atoms in total. The van der Waals surface area contributed by atoms with Gasteiger partial charge in [0.05, 0.1) is 6.61 Å². The highest BCUT2D eigenvalue weighted by molar-refractivity contribution is 6.76. The molecule has 0 amide bonds. The van der Waals surface area contributed by atoms with Gasteiger partial charge in [0.1, 0.15) is 5.76 Å². The molecular formula is C17H26OSi. The summed E-state index contributed by atoms with van der Waals surface area (Å²) in [7, 11) is -0.979. The summed E-state index contributed by atoms with van der Waals surface area (Å²) in [6, 6.07) is 11.7. The molecule has 0 atom stereocenters. The molecule has 0 heterocycles. The van der Waals surface area contributed by atoms with Crippen LogP contribution in [0.3, 0.4) is 0 Å². The Bertz CT molecular complexity index is 413. The van der Waals surface area contributed by atoms with Gasteiger partial charge < -0.3 is 4.74 Å². The van der Waals surface area contributed by atoms with Gasteiger partial charge >= 0.3 is 0 Å². The Balaban J connectivity index is 2.61. The second kappa shape index (κ2) is 8.00. The molecular weight excluding hydrogens is 248 g/mol. The van der Waals surface area contributed by atoms with Crippen LogP contribution in [0.1, 0.15) is 12.5 Å². The van der Waals surface area contributed by atoms with E-state index < -0.39 is 8.07 Å². The van der Waals surface area contributed by atoms with Crippen molar-refractivity contribution in [2.75, 3.05) is 6.61 Å². The topological polar surface area (TPSA) is 9.23 Å². The predicted molar refractivity (Wildman–Crippen MR) is 87.1 cm³/mol. The minimum atomic E-state index is -0.979. The van der Waals surface area contributed by atoms with Crippen molar-refractivity contribution in [3.05, 3.63) is 59.9 Å². The molecule has 1 rings (SSSR count). The first-order valence-corrected chi connectivity index (χ1v) is 10.7. The van der Waals surface area contributed by atoms with Crippen LogP contribution in [-0.4, -0.2) is 14.7 Å². The summed E-state index contributed by atoms with van der Waals surface area (Å²) < 4.78 is 5.70. The summed E-state index contributed by atoms with van der Waals surface area (Å²) in [4.78, 5) is 0. The Morgan fingerprint density at radius 2 is 1.84 bits per heavy atom. The first-order valence-electron chi connectivity index (χ1n) is 7.03. The van der Waals surface area contributed by atoms with E-state index in [2.05, 4.69) is 62.1 Å². The molecule has 0 bridgehead atoms. The van der Waals surface area contributed by atoms with Crippen molar-refractivity contribution in [3.63, 3.8) is 0 Å². The Hall–Kier alpha value is -1.28. The Morgan fingerprint density at radius 3 is 2.42 bits per heavy atom. The first-order chi connectivity index (χ1) is 9.01. The maximum absolute atomic E-state index is 5.70. The van der Waals surface area contributed by atoms with Crippen molar-refractivity contribution in [3.8, 4) is 0 Å². The molecule has 0 unspecified atom stereocenters. The molecule has 0 aliphatic carbocycles. The van der Waals surface area contributed by atoms with Crippen LogP contribution in [0.15, 0.2) is 54.3 Å². The number of allylic oxidation sites excluding steroid dienone is 4. The molecule has 0 radical (unpaired) electrons. The highest BCUT2D eigenvalue weighted by Gasteiger charge is 2.09. The summed E-state index contributed by atoms with van der Waals surface area (Å²) in [6.45, 7) is 9.91. The van der Waals surface area contributed by atoms with Crippen molar-refractivity contribution < 1.29 is 4.74 Å². The average molecular weight is 274 g/mol. The maximum atomic E-state index is 5.70. The smallest absolute Gasteiger partial charge is 0.100 e. The van der Waals surface area contributed by atoms with Gasteiger partial charge in [0, 0.05) is 14.5 Å². The predicted octanol–water partition coefficient (Wildman–Crippen LogP) is 5.04. The number of rotatable bonds is 7. The Morgan fingerprint density at radius 1 is 1.16 bits per heavy atom. The molecule has 0 spiro atoms. The van der Waals surface area contributed by atoms with E-state index in [1.807, 2.05) is 13.0 Å². The normalized spacial score (nSPS) is 12.9. The standard InChI is InChI=1S/C17H26OSi/c1-5-18-17(13-9-10-14-19(2,3)4)15-16-11-7-6-8-12-16/h6-13H,5,14-15H2,1-4H3/b10-9+,17-13-. The minimum Gasteiger partial charge on any atom is -0.498 e. The van der Waals surface area contributed by atoms with E-state index in [-0.39, 0.29) is 0 Å². The van der Waals surface area contributed by atoms with E-state index in [1.165, 1.54) is 11.6 Å². The van der Waals surface area contributed by atoms with Crippen LogP contribution < -0.4 is 0 Å². The maximum Gasteiger partial charge on any atom is 0.100 e. The second-order valence-corrected chi connectivity index (χ2v) is 11.5. The molecule has 0 saturated heterocycles. The SMILES string of the molecule is CCO/C(=C\C=C\C[Si](C)(C)C)Cc1ccccc1. The zero-order valence-electron chi connectivity index (χ0n) is 12.6. The van der Waals surface area contributed by atoms with Crippen LogP contribution in [-0.2, 0) is 11.2 Å². The lowest BCUT2D eigenvalue weighted by atomic mass is 10.1. The van der Waals surface area contributed by atoms with Gasteiger partial charge in [-0.1, -0.05) is 62.1 Å². The summed E-state index contributed by atoms with van der Waals surface area (Å²) >= 11 is 0. The molecule has 0 N–H and O–H groups in total. The second-order valence-electron chi connectivity index (χ2n) is 5.92. The minimum absolute atomic E-state index is 0.723. The van der Waals surface area contributed by atoms with E-state index in [9.17, 15) is 0 Å². The van der Waals surface area contributed by atoms with Crippen LogP contribution in [0, 0.1) is 0 Å². The largest absolute Gasteiger partial charge is 0.498 e. The number of benzene rings is 1. The number of hydrogen-bond acceptors (Lipinski definition) is 1. The molecule has 0 fully saturated rings. The fraction of sp³-hybridized carbons (Fsp3) is 0.412. The monoisotopic (exact) mass is 274 g/mol. The van der Waals surface area contributed by atoms with Crippen molar-refractivity contribution in [1.82, 2.24) is 0 Å². The average Bonchev–Trinajstić information content (AvgIpc) is 2.35. The molecule has 0 aliphatic rings. The van der Waals surface area contributed by atoms with Gasteiger partial charge in [-0.05, 0) is 24.6 Å². The molecule has 0 saturated carbocycles. The van der Waals surface area contributed by atoms with Gasteiger partial charge in [-0.2, -0.15) is 0 Å². The molecule has 104 valence electrons. The quantitative estimate of drug-likeness (QED) is 0.384. The first kappa shape index (κ1) is 15.8. The molecule has 1 aromatic carbocycles. The molecule has 1 aromatic rings. The Labute approximate surface area is 119 Å². The molecule has 2 heteroatoms. The van der Waals surface area contributed by atoms with E-state index in [0.717, 1.165) is 18.8 Å². The Kier molecular flexibility index (Phi) is 6.64. The van der Waals surface area contributed by atoms with Crippen molar-refractivity contribution in [1.29, 1.82) is 0 Å². The van der Waals surface area contributed by atoms with Crippen LogP contribution in [0.2, 0.25) is 25.7 Å². The van der Waals surface area contributed by atoms with Crippen LogP contribution in [0.25, 0.3) is 0 Å². The van der Waals surface area contributed by atoms with Crippen molar-refractivity contribution in [2.45, 2.75) is 39.0 Å². The third-order valence-electron chi connectivity index (χ3n) is 2.70. The lowest BCUT2D eigenvalue weighted by molar-refractivity contribution is 0.223. The summed E-state index contributed by atoms with van der Waals surface area (Å²) in [5, 5.41) is 0. The van der Waals surface area contributed by atoms with Crippen molar-refractivity contribution in [2.24, 2.45) is 0 Å². The van der Waals surface area contributed by atoms with Crippen molar-refractivity contribution >= 4 is 8.07 Å². The van der Waals surface area contributed by atoms with Gasteiger partial charge in [-0.25, -0.2) is 0 Å². The third-order valence-corrected chi connectivity index (χ3v) is 4.16. The van der Waals surface area contributed by atoms with Gasteiger partial charge in [0.25, 0.3) is 0 Å². The van der Waals surface area contributed by atoms with E-state index in [0.29, 0.717) is 0 Å². The van der Waals surface area contributed by atoms with E-state index in [1.54, 1.807) is 0 Å². The van der Waals surface area contributed by atoms with E-state index >= 15 is 0 Å². The zero-order chi connectivity index (χ0) is 14.1. The third kappa shape index (κ3) is 7.68. The molecule has 0 aromatic heterocycles. The molecule has 0 aliphatic heterocycles. The van der Waals surface area contributed by atoms with Gasteiger partial charge in [0.2, 0.25) is 0 Å². The van der Waals surface area contributed by atoms with Crippen LogP contribution in [0.5, 0.6) is 0 Å². The summed E-state index contributed by atoms with van der Waals surface area (Å²) in [5.74, 6) is 1.04. The van der Waals surface area contributed by atoms with Crippen LogP contribution in [0.4, 0.5) is 0 Å². The lowest BCUT2D eigenvalue weighted by Gasteiger charge is -2.11. The fourth-order valence-electron chi connectivity index (χ4n) is 1.74. The van der Waals surface area contributed by atoms with Gasteiger partial charge in [-0.15, -0.1) is 0 Å². The molecule has 19 heavy (non-hydrogen) atoms. The highest BCUT2D eigenvalue weighted by Crippen LogP contribution is 2.11. The van der Waals surface area contributed by atoms with Gasteiger partial charge in [0.15, 0.2) is 0 Å². The number of ether oxygens (including phenoxy) is 1.